The predicted molar refractivity (Wildman–Crippen MR) is 129 cm³/mol. The lowest BCUT2D eigenvalue weighted by molar-refractivity contribution is -0.142. The average Bonchev–Trinajstić information content (AvgIpc) is 3.31. The minimum Gasteiger partial charge on any atom is -0.480 e. The molecule has 190 valence electrons. The highest BCUT2D eigenvalue weighted by Gasteiger charge is 2.29. The Morgan fingerprint density at radius 2 is 1.60 bits per heavy atom. The zero-order chi connectivity index (χ0) is 26.0. The van der Waals surface area contributed by atoms with Crippen LogP contribution in [0.4, 0.5) is 0 Å². The molecule has 0 saturated carbocycles. The highest BCUT2D eigenvalue weighted by atomic mass is 16.4. The van der Waals surface area contributed by atoms with Crippen LogP contribution in [0.5, 0.6) is 0 Å². The quantitative estimate of drug-likeness (QED) is 0.233. The summed E-state index contributed by atoms with van der Waals surface area (Å²) in [7, 11) is 0. The standard InChI is InChI=1S/C24H34N6O5/c1-14(2)9-18(25)22(32)28-15(3)21(31)29-19(11-17-12-26-13-27-17)23(33)30-20(24(34)35)10-16-7-5-4-6-8-16/h4-8,12-15,18-20H,9-11,25H2,1-3H3,(H,26,27)(H,28,32)(H,29,31)(H,30,33)(H,34,35). The zero-order valence-corrected chi connectivity index (χ0v) is 20.2. The summed E-state index contributed by atoms with van der Waals surface area (Å²) in [5.74, 6) is -2.74. The third-order valence-corrected chi connectivity index (χ3v) is 5.32. The van der Waals surface area contributed by atoms with Crippen molar-refractivity contribution in [1.29, 1.82) is 0 Å². The lowest BCUT2D eigenvalue weighted by Gasteiger charge is -2.24. The van der Waals surface area contributed by atoms with Gasteiger partial charge in [-0.25, -0.2) is 9.78 Å². The van der Waals surface area contributed by atoms with Crippen LogP contribution in [-0.4, -0.2) is 62.9 Å². The van der Waals surface area contributed by atoms with E-state index in [1.54, 1.807) is 24.3 Å². The first-order chi connectivity index (χ1) is 16.6. The summed E-state index contributed by atoms with van der Waals surface area (Å²) < 4.78 is 0. The first-order valence-electron chi connectivity index (χ1n) is 11.5. The summed E-state index contributed by atoms with van der Waals surface area (Å²) in [6, 6.07) is 4.87. The largest absolute Gasteiger partial charge is 0.480 e. The number of amides is 3. The fourth-order valence-electron chi connectivity index (χ4n) is 3.45. The average molecular weight is 487 g/mol. The van der Waals surface area contributed by atoms with Gasteiger partial charge in [0.25, 0.3) is 0 Å². The maximum Gasteiger partial charge on any atom is 0.326 e. The van der Waals surface area contributed by atoms with Gasteiger partial charge in [-0.2, -0.15) is 0 Å². The SMILES string of the molecule is CC(C)CC(N)C(=O)NC(C)C(=O)NC(Cc1cnc[nH]1)C(=O)NC(Cc1ccccc1)C(=O)O. The summed E-state index contributed by atoms with van der Waals surface area (Å²) >= 11 is 0. The number of hydrogen-bond acceptors (Lipinski definition) is 6. The van der Waals surface area contributed by atoms with Crippen molar-refractivity contribution in [3.63, 3.8) is 0 Å². The molecule has 0 bridgehead atoms. The first kappa shape index (κ1) is 27.5. The molecule has 1 heterocycles. The predicted octanol–water partition coefficient (Wildman–Crippen LogP) is 0.127. The second kappa shape index (κ2) is 13.2. The molecule has 2 aromatic rings. The van der Waals surface area contributed by atoms with Gasteiger partial charge in [-0.1, -0.05) is 44.2 Å². The Hall–Kier alpha value is -3.73. The molecule has 0 aliphatic heterocycles. The van der Waals surface area contributed by atoms with Crippen LogP contribution >= 0.6 is 0 Å². The number of carbonyl (C=O) groups excluding carboxylic acids is 3. The molecule has 2 rings (SSSR count). The van der Waals surface area contributed by atoms with Crippen molar-refractivity contribution in [3.8, 4) is 0 Å². The molecule has 7 N–H and O–H groups in total. The summed E-state index contributed by atoms with van der Waals surface area (Å²) in [5, 5.41) is 17.3. The Labute approximate surface area is 204 Å². The number of carboxylic acids is 1. The number of H-pyrrole nitrogens is 1. The molecule has 35 heavy (non-hydrogen) atoms. The molecule has 3 amide bonds. The van der Waals surface area contributed by atoms with E-state index in [0.29, 0.717) is 12.1 Å². The molecule has 0 aliphatic carbocycles. The normalized spacial score (nSPS) is 14.4. The van der Waals surface area contributed by atoms with Gasteiger partial charge in [-0.3, -0.25) is 14.4 Å². The molecule has 1 aromatic carbocycles. The number of nitrogens with zero attached hydrogens (tertiary/aromatic N) is 1. The van der Waals surface area contributed by atoms with E-state index in [1.807, 2.05) is 19.9 Å². The first-order valence-corrected chi connectivity index (χ1v) is 11.5. The van der Waals surface area contributed by atoms with Gasteiger partial charge in [-0.15, -0.1) is 0 Å². The molecule has 1 aromatic heterocycles. The second-order valence-electron chi connectivity index (χ2n) is 8.90. The van der Waals surface area contributed by atoms with Gasteiger partial charge < -0.3 is 31.8 Å². The number of hydrogen-bond donors (Lipinski definition) is 6. The topological polar surface area (TPSA) is 179 Å². The van der Waals surface area contributed by atoms with Crippen LogP contribution in [0, 0.1) is 5.92 Å². The van der Waals surface area contributed by atoms with Crippen molar-refractivity contribution >= 4 is 23.7 Å². The van der Waals surface area contributed by atoms with E-state index in [-0.39, 0.29) is 18.8 Å². The Morgan fingerprint density at radius 1 is 0.943 bits per heavy atom. The number of aliphatic carboxylic acids is 1. The fourth-order valence-corrected chi connectivity index (χ4v) is 3.45. The van der Waals surface area contributed by atoms with E-state index in [9.17, 15) is 24.3 Å². The van der Waals surface area contributed by atoms with E-state index in [2.05, 4.69) is 25.9 Å². The molecule has 11 heteroatoms. The number of carbonyl (C=O) groups is 4. The van der Waals surface area contributed by atoms with Crippen molar-refractivity contribution in [1.82, 2.24) is 25.9 Å². The van der Waals surface area contributed by atoms with Crippen LogP contribution in [0.1, 0.15) is 38.4 Å². The minimum atomic E-state index is -1.20. The van der Waals surface area contributed by atoms with Crippen LogP contribution in [0.3, 0.4) is 0 Å². The number of carboxylic acid groups (broad SMARTS) is 1. The number of imidazole rings is 1. The Kier molecular flexibility index (Phi) is 10.4. The van der Waals surface area contributed by atoms with Gasteiger partial charge in [0.1, 0.15) is 18.1 Å². The minimum absolute atomic E-state index is 0.0444. The second-order valence-corrected chi connectivity index (χ2v) is 8.90. The van der Waals surface area contributed by atoms with Crippen LogP contribution in [-0.2, 0) is 32.0 Å². The molecule has 0 radical (unpaired) electrons. The number of nitrogens with one attached hydrogen (secondary N) is 4. The van der Waals surface area contributed by atoms with E-state index in [0.717, 1.165) is 5.56 Å². The van der Waals surface area contributed by atoms with E-state index >= 15 is 0 Å². The Balaban J connectivity index is 2.09. The maximum atomic E-state index is 13.1. The van der Waals surface area contributed by atoms with E-state index in [4.69, 9.17) is 5.73 Å². The number of benzene rings is 1. The number of aromatic amines is 1. The molecule has 11 nitrogen and oxygen atoms in total. The van der Waals surface area contributed by atoms with Crippen molar-refractivity contribution in [2.45, 2.75) is 64.2 Å². The zero-order valence-electron chi connectivity index (χ0n) is 20.2. The molecule has 0 aliphatic rings. The summed E-state index contributed by atoms with van der Waals surface area (Å²) in [6.45, 7) is 5.35. The van der Waals surface area contributed by atoms with Crippen LogP contribution < -0.4 is 21.7 Å². The van der Waals surface area contributed by atoms with Crippen LogP contribution in [0.15, 0.2) is 42.9 Å². The molecule has 0 saturated heterocycles. The van der Waals surface area contributed by atoms with Crippen molar-refractivity contribution in [2.24, 2.45) is 11.7 Å². The summed E-state index contributed by atoms with van der Waals surface area (Å²) in [6.07, 6.45) is 3.51. The molecular formula is C24H34N6O5. The Morgan fingerprint density at radius 3 is 2.17 bits per heavy atom. The fraction of sp³-hybridized carbons (Fsp3) is 0.458. The van der Waals surface area contributed by atoms with Crippen molar-refractivity contribution in [3.05, 3.63) is 54.1 Å². The molecule has 0 fully saturated rings. The van der Waals surface area contributed by atoms with Gasteiger partial charge in [0.05, 0.1) is 12.4 Å². The highest BCUT2D eigenvalue weighted by molar-refractivity contribution is 5.94. The third kappa shape index (κ3) is 9.20. The van der Waals surface area contributed by atoms with Gasteiger partial charge in [-0.05, 0) is 24.8 Å². The maximum absolute atomic E-state index is 13.1. The van der Waals surface area contributed by atoms with Crippen molar-refractivity contribution < 1.29 is 24.3 Å². The number of rotatable bonds is 13. The lowest BCUT2D eigenvalue weighted by Crippen LogP contribution is -2.57. The molecular weight excluding hydrogens is 452 g/mol. The van der Waals surface area contributed by atoms with E-state index in [1.165, 1.54) is 19.4 Å². The number of aromatic nitrogens is 2. The highest BCUT2D eigenvalue weighted by Crippen LogP contribution is 2.06. The van der Waals surface area contributed by atoms with Crippen molar-refractivity contribution in [2.75, 3.05) is 0 Å². The number of nitrogens with two attached hydrogens (primary N) is 1. The van der Waals surface area contributed by atoms with Gasteiger partial charge in [0.15, 0.2) is 0 Å². The smallest absolute Gasteiger partial charge is 0.326 e. The van der Waals surface area contributed by atoms with Crippen LogP contribution in [0.25, 0.3) is 0 Å². The van der Waals surface area contributed by atoms with Gasteiger partial charge >= 0.3 is 5.97 Å². The summed E-state index contributed by atoms with van der Waals surface area (Å²) in [5.41, 5.74) is 7.18. The Bertz CT molecular complexity index is 980. The summed E-state index contributed by atoms with van der Waals surface area (Å²) in [4.78, 5) is 56.7. The van der Waals surface area contributed by atoms with Crippen LogP contribution in [0.2, 0.25) is 0 Å². The molecule has 0 spiro atoms. The third-order valence-electron chi connectivity index (χ3n) is 5.32. The van der Waals surface area contributed by atoms with Gasteiger partial charge in [0.2, 0.25) is 17.7 Å². The van der Waals surface area contributed by atoms with Gasteiger partial charge in [0, 0.05) is 24.7 Å². The lowest BCUT2D eigenvalue weighted by atomic mass is 10.0. The molecule has 4 atom stereocenters. The van der Waals surface area contributed by atoms with E-state index < -0.39 is 47.9 Å². The molecule has 4 unspecified atom stereocenters. The monoisotopic (exact) mass is 486 g/mol.